The van der Waals surface area contributed by atoms with E-state index in [1.54, 1.807) is 33.3 Å². The molecule has 14 atom stereocenters. The number of aromatic hydroxyl groups is 2. The summed E-state index contributed by atoms with van der Waals surface area (Å²) in [4.78, 5) is 141. The third-order valence-corrected chi connectivity index (χ3v) is 24.0. The number of anilines is 1. The van der Waals surface area contributed by atoms with Crippen LogP contribution in [0.4, 0.5) is 10.5 Å². The number of halogens is 1. The summed E-state index contributed by atoms with van der Waals surface area (Å²) in [5.41, 5.74) is 5.81. The number of carbonyl (C=O) groups is 9. The van der Waals surface area contributed by atoms with Crippen LogP contribution in [-0.2, 0) is 52.6 Å². The van der Waals surface area contributed by atoms with Gasteiger partial charge in [0.25, 0.3) is 0 Å². The maximum absolute atomic E-state index is 16.5. The molecule has 35 nitrogen and oxygen atoms in total. The van der Waals surface area contributed by atoms with Crippen LogP contribution in [0.2, 0.25) is 5.02 Å². The molecule has 16 rings (SSSR count). The second-order valence-electron chi connectivity index (χ2n) is 32.7. The number of aryl methyl sites for hydroxylation is 2. The zero-order valence-corrected chi connectivity index (χ0v) is 69.1. The molecule has 654 valence electrons. The number of nitrogens with one attached hydrogen (secondary N) is 10. The minimum Gasteiger partial charge on any atom is -0.508 e. The number of rotatable bonds is 23. The molecule has 19 N–H and O–H groups in total. The number of aliphatic hydroxyl groups is 5. The van der Waals surface area contributed by atoms with E-state index in [1.165, 1.54) is 92.8 Å². The first-order valence-corrected chi connectivity index (χ1v) is 41.1. The highest BCUT2D eigenvalue weighted by molar-refractivity contribution is 6.32. The minimum absolute atomic E-state index is 0.0348. The number of hydrogen-bond acceptors (Lipinski definition) is 26. The molecular weight excluding hydrogens is 1600 g/mol. The molecular formula is C86H105ClN12O23. The molecule has 15 bridgehead atoms. The van der Waals surface area contributed by atoms with E-state index in [9.17, 15) is 50.1 Å². The Morgan fingerprint density at radius 3 is 1.89 bits per heavy atom. The largest absolute Gasteiger partial charge is 0.508 e. The molecule has 122 heavy (non-hydrogen) atoms. The Morgan fingerprint density at radius 2 is 1.25 bits per heavy atom. The Kier molecular flexibility index (Phi) is 28.2. The van der Waals surface area contributed by atoms with E-state index in [1.807, 2.05) is 13.8 Å². The number of nitrogens with zero attached hydrogens (tertiary/aromatic N) is 1. The third kappa shape index (κ3) is 20.1. The van der Waals surface area contributed by atoms with Gasteiger partial charge in [-0.05, 0) is 218 Å². The second-order valence-corrected chi connectivity index (χ2v) is 33.1. The highest BCUT2D eigenvalue weighted by Crippen LogP contribution is 2.55. The average Bonchev–Trinajstić information content (AvgIpc) is 0.764. The van der Waals surface area contributed by atoms with Crippen molar-refractivity contribution < 1.29 is 112 Å². The van der Waals surface area contributed by atoms with E-state index in [4.69, 9.17) is 50.5 Å². The van der Waals surface area contributed by atoms with Gasteiger partial charge >= 0.3 is 6.03 Å². The Labute approximate surface area is 708 Å². The molecule has 36 heteroatoms. The van der Waals surface area contributed by atoms with Crippen molar-refractivity contribution in [1.82, 2.24) is 52.8 Å². The van der Waals surface area contributed by atoms with Crippen LogP contribution < -0.4 is 77.8 Å². The summed E-state index contributed by atoms with van der Waals surface area (Å²) in [7, 11) is 4.70. The molecule has 1 saturated heterocycles. The topological polar surface area (TPSA) is 509 Å². The molecule has 4 aliphatic carbocycles. The lowest BCUT2D eigenvalue weighted by molar-refractivity contribution is -0.270. The van der Waals surface area contributed by atoms with Gasteiger partial charge < -0.3 is 122 Å². The van der Waals surface area contributed by atoms with Gasteiger partial charge in [0.05, 0.1) is 30.7 Å². The number of aliphatic hydroxyl groups excluding tert-OH is 5. The van der Waals surface area contributed by atoms with Crippen molar-refractivity contribution in [3.05, 3.63) is 147 Å². The summed E-state index contributed by atoms with van der Waals surface area (Å²) in [6, 6.07) is 7.40. The molecule has 6 aromatic carbocycles. The number of amides is 10. The van der Waals surface area contributed by atoms with Gasteiger partial charge in [-0.25, -0.2) is 4.79 Å². The summed E-state index contributed by atoms with van der Waals surface area (Å²) in [5, 5.41) is 110. The van der Waals surface area contributed by atoms with Crippen LogP contribution in [0.25, 0.3) is 11.1 Å². The van der Waals surface area contributed by atoms with Crippen molar-refractivity contribution >= 4 is 70.6 Å². The van der Waals surface area contributed by atoms with Crippen LogP contribution in [0.5, 0.6) is 46.0 Å². The van der Waals surface area contributed by atoms with Crippen LogP contribution in [-0.4, -0.2) is 222 Å². The number of fused-ring (bicyclic) bond motifs is 15. The van der Waals surface area contributed by atoms with Gasteiger partial charge in [0, 0.05) is 57.7 Å². The monoisotopic (exact) mass is 1710 g/mol. The van der Waals surface area contributed by atoms with Gasteiger partial charge in [0.2, 0.25) is 59.3 Å². The smallest absolute Gasteiger partial charge is 0.325 e. The average molecular weight is 1710 g/mol. The number of phenols is 2. The van der Waals surface area contributed by atoms with E-state index in [2.05, 4.69) is 58.1 Å². The number of imide groups is 1. The van der Waals surface area contributed by atoms with Gasteiger partial charge in [-0.2, -0.15) is 0 Å². The summed E-state index contributed by atoms with van der Waals surface area (Å²) in [6.07, 6.45) is -9.68. The van der Waals surface area contributed by atoms with E-state index >= 15 is 28.8 Å². The summed E-state index contributed by atoms with van der Waals surface area (Å²) >= 11 is 7.23. The Balaban J connectivity index is 0.950. The van der Waals surface area contributed by atoms with Crippen LogP contribution in [0, 0.1) is 43.4 Å². The summed E-state index contributed by atoms with van der Waals surface area (Å²) in [6.45, 7) is 9.35. The molecule has 5 fully saturated rings. The molecule has 0 unspecified atom stereocenters. The molecule has 6 aliphatic heterocycles. The number of nitrogens with two attached hydrogens (primary N) is 1. The van der Waals surface area contributed by atoms with Crippen molar-refractivity contribution in [2.24, 2.45) is 35.3 Å². The van der Waals surface area contributed by atoms with E-state index in [0.717, 1.165) is 44.2 Å². The molecule has 4 saturated carbocycles. The highest BCUT2D eigenvalue weighted by atomic mass is 35.5. The van der Waals surface area contributed by atoms with Gasteiger partial charge in [-0.1, -0.05) is 43.6 Å². The maximum atomic E-state index is 16.5. The number of hydrogen-bond donors (Lipinski definition) is 18. The number of urea groups is 1. The fourth-order valence-electron chi connectivity index (χ4n) is 17.6. The summed E-state index contributed by atoms with van der Waals surface area (Å²) in [5.74, 6) is -10.6. The first kappa shape index (κ1) is 89.0. The predicted octanol–water partition coefficient (Wildman–Crippen LogP) is 3.79. The molecule has 10 amide bonds. The van der Waals surface area contributed by atoms with Crippen molar-refractivity contribution in [3.8, 4) is 57.1 Å². The van der Waals surface area contributed by atoms with E-state index in [0.29, 0.717) is 50.4 Å². The number of likely N-dealkylation sites (N-methyl/N-ethyl adjacent to an activating group) is 1. The first-order valence-electron chi connectivity index (χ1n) is 40.7. The highest BCUT2D eigenvalue weighted by Gasteiger charge is 2.51. The number of methoxy groups -OCH3 is 2. The maximum Gasteiger partial charge on any atom is 0.325 e. The molecule has 0 radical (unpaired) electrons. The minimum atomic E-state index is -2.31. The molecule has 0 spiro atoms. The fraction of sp³-hybridized carbons (Fsp3) is 0.477. The normalized spacial score (nSPS) is 27.0. The third-order valence-electron chi connectivity index (χ3n) is 23.7. The first-order chi connectivity index (χ1) is 58.4. The van der Waals surface area contributed by atoms with E-state index in [-0.39, 0.29) is 109 Å². The standard InChI is InChI=1S/C86H105ClN12O23/c1-39(2)24-56(89-5)78(108)97-70-72(103)45-9-16-59(40(3)25-45)119-61-34-49-35-62(77(61)122-85-76(107)75(106)74(105)63(38-88)121-85)120-60-17-10-46(33-55(60)87)73(104)71-84(114)96-69(82(112)93-66-47-28-42-27-43(30-47)31-48(66)29-42)54-36-51(100)26-41(4)65(54)53-32-44(8-15-58(53)101)67(80(110)98-71)95-81(111)68(49)94-79(109)57(91-83(70)113)37-64(102)92-86(115)90-50-11-13-52(14-12-50)118-23-20-99(18-21-116-6)19-22-117-7/h8-17,25-26,32-36,39,42-43,47-48,56-57,63,66-76,85,89,100-101,103-107H,18-24,27-31,37-38,88H2,1-7H3,(H,91,113)(H,93,112)(H,94,109)(H,95,111)(H,96,114)(H,97,108)(H,98,110)(H2,90,92,102,115)/t42?,43?,47?,48?,56-,57+,63-,66?,67-,68-,69+,70-,71+,72-,73-,74-,75+,76-,85+/m1/s1. The lowest BCUT2D eigenvalue weighted by atomic mass is 9.54. The Morgan fingerprint density at radius 1 is 0.631 bits per heavy atom. The predicted molar refractivity (Wildman–Crippen MR) is 439 cm³/mol. The van der Waals surface area contributed by atoms with Crippen molar-refractivity contribution in [2.45, 2.75) is 164 Å². The molecule has 6 aromatic rings. The van der Waals surface area contributed by atoms with Crippen LogP contribution in [0.1, 0.15) is 128 Å². The molecule has 10 aliphatic rings. The quantitative estimate of drug-likeness (QED) is 0.0434. The van der Waals surface area contributed by atoms with Gasteiger partial charge in [-0.15, -0.1) is 0 Å². The molecule has 6 heterocycles. The zero-order chi connectivity index (χ0) is 87.2. The zero-order valence-electron chi connectivity index (χ0n) is 68.3. The van der Waals surface area contributed by atoms with Crippen molar-refractivity contribution in [2.75, 3.05) is 72.6 Å². The SMILES string of the molecule is CN[C@H](CC(C)C)C(=O)N[C@H]1C(=O)N[C@@H](CC(=O)NC(=O)Nc2ccc(OCCN(CCOC)CCOC)cc2)C(=O)N[C@H]2C(=O)N[C@H]3C(=O)N[C@H](C(=O)N[C@H](C(=O)NC4C5CC6CC(C5)CC4C6)c4cc(O)cc(C)c4-c4cc3ccc4O)[C@H](O)c3ccc(c(Cl)c3)Oc3cc2cc(c3O[C@@H]2O[C@H](CN)[C@@H](O)[C@H](O)[C@H]2O)Oc2ccc(cc2C)[C@H]1O. The number of phenolic OH excluding ortho intramolecular Hbond substituents is 2. The number of benzene rings is 6. The Bertz CT molecular complexity index is 4870. The van der Waals surface area contributed by atoms with Crippen LogP contribution in [0.15, 0.2) is 103 Å². The van der Waals surface area contributed by atoms with E-state index < -0.39 is 180 Å². The van der Waals surface area contributed by atoms with Gasteiger partial charge in [0.15, 0.2) is 11.5 Å². The summed E-state index contributed by atoms with van der Waals surface area (Å²) < 4.78 is 42.5. The fourth-order valence-corrected chi connectivity index (χ4v) is 17.9. The molecule has 0 aromatic heterocycles. The van der Waals surface area contributed by atoms with Crippen LogP contribution >= 0.6 is 11.6 Å². The van der Waals surface area contributed by atoms with Crippen molar-refractivity contribution in [3.63, 3.8) is 0 Å². The van der Waals surface area contributed by atoms with Crippen molar-refractivity contribution in [1.29, 1.82) is 0 Å². The second kappa shape index (κ2) is 38.7. The van der Waals surface area contributed by atoms with Gasteiger partial charge in [-0.3, -0.25) is 48.6 Å². The lowest BCUT2D eigenvalue weighted by Crippen LogP contribution is -2.60. The Hall–Kier alpha value is -10.8. The lowest BCUT2D eigenvalue weighted by Gasteiger charge is -2.54. The van der Waals surface area contributed by atoms with Gasteiger partial charge in [0.1, 0.15) is 108 Å². The number of carbonyl (C=O) groups excluding carboxylic acids is 9. The van der Waals surface area contributed by atoms with Crippen LogP contribution in [0.3, 0.4) is 0 Å². The number of ether oxygens (including phenoxy) is 7.